The number of benzene rings is 1. The normalized spacial score (nSPS) is 19.1. The Morgan fingerprint density at radius 1 is 1.29 bits per heavy atom. The quantitative estimate of drug-likeness (QED) is 0.645. The Labute approximate surface area is 163 Å². The fourth-order valence-electron chi connectivity index (χ4n) is 3.96. The van der Waals surface area contributed by atoms with E-state index >= 15 is 0 Å². The van der Waals surface area contributed by atoms with Gasteiger partial charge in [-0.2, -0.15) is 5.10 Å². The topological polar surface area (TPSA) is 90.3 Å². The molecule has 1 aliphatic rings. The SMILES string of the molecule is Cc1nn([C@@H]2CCS(=O)(=O)C2)c(C)c1CN(C)Cn1c(=O)oc2ccccc21. The van der Waals surface area contributed by atoms with Gasteiger partial charge in [-0.25, -0.2) is 13.2 Å². The molecular weight excluding hydrogens is 380 g/mol. The second kappa shape index (κ2) is 6.89. The number of oxazole rings is 1. The van der Waals surface area contributed by atoms with Crippen LogP contribution in [0.1, 0.15) is 29.4 Å². The van der Waals surface area contributed by atoms with E-state index in [-0.39, 0.29) is 23.3 Å². The average Bonchev–Trinajstić information content (AvgIpc) is 3.24. The van der Waals surface area contributed by atoms with Crippen LogP contribution in [0.3, 0.4) is 0 Å². The van der Waals surface area contributed by atoms with Crippen molar-refractivity contribution in [2.75, 3.05) is 18.6 Å². The molecule has 0 N–H and O–H groups in total. The first-order valence-corrected chi connectivity index (χ1v) is 11.1. The predicted octanol–water partition coefficient (Wildman–Crippen LogP) is 1.86. The number of fused-ring (bicyclic) bond motifs is 1. The predicted molar refractivity (Wildman–Crippen MR) is 106 cm³/mol. The van der Waals surface area contributed by atoms with Crippen molar-refractivity contribution in [3.8, 4) is 0 Å². The van der Waals surface area contributed by atoms with E-state index in [1.807, 2.05) is 48.7 Å². The van der Waals surface area contributed by atoms with Gasteiger partial charge >= 0.3 is 5.76 Å². The first-order chi connectivity index (χ1) is 13.2. The lowest BCUT2D eigenvalue weighted by Crippen LogP contribution is -2.27. The molecule has 2 aromatic heterocycles. The Bertz CT molecular complexity index is 1190. The molecule has 1 atom stereocenters. The summed E-state index contributed by atoms with van der Waals surface area (Å²) in [5, 5.41) is 4.61. The van der Waals surface area contributed by atoms with Crippen LogP contribution < -0.4 is 5.76 Å². The van der Waals surface area contributed by atoms with E-state index in [0.29, 0.717) is 25.2 Å². The lowest BCUT2D eigenvalue weighted by Gasteiger charge is -2.18. The molecule has 1 aliphatic heterocycles. The van der Waals surface area contributed by atoms with Gasteiger partial charge in [-0.05, 0) is 39.4 Å². The van der Waals surface area contributed by atoms with Crippen molar-refractivity contribution in [2.24, 2.45) is 0 Å². The summed E-state index contributed by atoms with van der Waals surface area (Å²) in [7, 11) is -1.03. The van der Waals surface area contributed by atoms with Gasteiger partial charge in [0.2, 0.25) is 0 Å². The summed E-state index contributed by atoms with van der Waals surface area (Å²) in [6, 6.07) is 7.26. The number of para-hydroxylation sites is 2. The Morgan fingerprint density at radius 2 is 2.04 bits per heavy atom. The van der Waals surface area contributed by atoms with Gasteiger partial charge in [0.1, 0.15) is 0 Å². The highest BCUT2D eigenvalue weighted by molar-refractivity contribution is 7.91. The highest BCUT2D eigenvalue weighted by Crippen LogP contribution is 2.27. The Kier molecular flexibility index (Phi) is 4.67. The molecule has 28 heavy (non-hydrogen) atoms. The van der Waals surface area contributed by atoms with Gasteiger partial charge in [-0.1, -0.05) is 12.1 Å². The smallest absolute Gasteiger partial charge is 0.408 e. The Morgan fingerprint density at radius 3 is 2.75 bits per heavy atom. The van der Waals surface area contributed by atoms with Crippen molar-refractivity contribution in [3.63, 3.8) is 0 Å². The number of nitrogens with zero attached hydrogens (tertiary/aromatic N) is 4. The van der Waals surface area contributed by atoms with Crippen molar-refractivity contribution in [2.45, 2.75) is 39.5 Å². The number of hydrogen-bond acceptors (Lipinski definition) is 6. The van der Waals surface area contributed by atoms with Crippen LogP contribution in [0, 0.1) is 13.8 Å². The number of aromatic nitrogens is 3. The second-order valence-corrected chi connectivity index (χ2v) is 9.80. The molecule has 1 saturated heterocycles. The van der Waals surface area contributed by atoms with E-state index in [0.717, 1.165) is 22.5 Å². The maximum absolute atomic E-state index is 12.2. The van der Waals surface area contributed by atoms with E-state index in [1.54, 1.807) is 10.6 Å². The summed E-state index contributed by atoms with van der Waals surface area (Å²) < 4.78 is 32.4. The van der Waals surface area contributed by atoms with Crippen LogP contribution in [0.2, 0.25) is 0 Å². The minimum absolute atomic E-state index is 0.0943. The molecule has 8 nitrogen and oxygen atoms in total. The van der Waals surface area contributed by atoms with Crippen LogP contribution in [0.25, 0.3) is 11.1 Å². The molecule has 0 unspecified atom stereocenters. The van der Waals surface area contributed by atoms with Crippen molar-refractivity contribution >= 4 is 20.9 Å². The van der Waals surface area contributed by atoms with Gasteiger partial charge < -0.3 is 4.42 Å². The van der Waals surface area contributed by atoms with Gasteiger partial charge in [0.05, 0.1) is 35.4 Å². The van der Waals surface area contributed by atoms with Crippen LogP contribution in [-0.2, 0) is 23.1 Å². The third-order valence-corrected chi connectivity index (χ3v) is 7.16. The van der Waals surface area contributed by atoms with E-state index in [4.69, 9.17) is 4.42 Å². The first-order valence-electron chi connectivity index (χ1n) is 9.27. The van der Waals surface area contributed by atoms with E-state index < -0.39 is 9.84 Å². The number of hydrogen-bond donors (Lipinski definition) is 0. The van der Waals surface area contributed by atoms with Gasteiger partial charge in [-0.3, -0.25) is 14.1 Å². The van der Waals surface area contributed by atoms with Crippen LogP contribution in [0.4, 0.5) is 0 Å². The molecule has 0 spiro atoms. The highest BCUT2D eigenvalue weighted by atomic mass is 32.2. The molecule has 3 aromatic rings. The van der Waals surface area contributed by atoms with Gasteiger partial charge in [0.25, 0.3) is 0 Å². The molecule has 3 heterocycles. The van der Waals surface area contributed by atoms with Gasteiger partial charge in [-0.15, -0.1) is 0 Å². The zero-order chi connectivity index (χ0) is 20.1. The lowest BCUT2D eigenvalue weighted by atomic mass is 10.2. The summed E-state index contributed by atoms with van der Waals surface area (Å²) in [5.74, 6) is -0.00380. The minimum Gasteiger partial charge on any atom is -0.408 e. The van der Waals surface area contributed by atoms with Crippen molar-refractivity contribution in [3.05, 3.63) is 51.8 Å². The first kappa shape index (κ1) is 18.9. The van der Waals surface area contributed by atoms with Crippen LogP contribution in [-0.4, -0.2) is 46.2 Å². The van der Waals surface area contributed by atoms with E-state index in [1.165, 1.54) is 0 Å². The zero-order valence-corrected chi connectivity index (χ0v) is 17.1. The summed E-state index contributed by atoms with van der Waals surface area (Å²) in [4.78, 5) is 14.2. The molecule has 0 bridgehead atoms. The molecule has 1 aromatic carbocycles. The Hall–Kier alpha value is -2.39. The van der Waals surface area contributed by atoms with E-state index in [2.05, 4.69) is 5.10 Å². The van der Waals surface area contributed by atoms with Crippen LogP contribution in [0.15, 0.2) is 33.5 Å². The molecule has 1 fully saturated rings. The summed E-state index contributed by atoms with van der Waals surface area (Å²) >= 11 is 0. The molecule has 0 radical (unpaired) electrons. The molecule has 0 aliphatic carbocycles. The number of aryl methyl sites for hydroxylation is 1. The lowest BCUT2D eigenvalue weighted by molar-refractivity contribution is 0.252. The third-order valence-electron chi connectivity index (χ3n) is 5.41. The van der Waals surface area contributed by atoms with E-state index in [9.17, 15) is 13.2 Å². The largest absolute Gasteiger partial charge is 0.421 e. The maximum atomic E-state index is 12.2. The maximum Gasteiger partial charge on any atom is 0.421 e. The fraction of sp³-hybridized carbons (Fsp3) is 0.474. The summed E-state index contributed by atoms with van der Waals surface area (Å²) in [5.41, 5.74) is 4.27. The second-order valence-electron chi connectivity index (χ2n) is 7.57. The molecule has 150 valence electrons. The highest BCUT2D eigenvalue weighted by Gasteiger charge is 2.31. The zero-order valence-electron chi connectivity index (χ0n) is 16.3. The minimum atomic E-state index is -2.97. The fourth-order valence-corrected chi connectivity index (χ4v) is 5.65. The average molecular weight is 404 g/mol. The number of rotatable bonds is 5. The van der Waals surface area contributed by atoms with Crippen LogP contribution in [0.5, 0.6) is 0 Å². The molecule has 4 rings (SSSR count). The van der Waals surface area contributed by atoms with Gasteiger partial charge in [0, 0.05) is 17.8 Å². The summed E-state index contributed by atoms with van der Waals surface area (Å²) in [6.45, 7) is 4.91. The van der Waals surface area contributed by atoms with Crippen molar-refractivity contribution < 1.29 is 12.8 Å². The summed E-state index contributed by atoms with van der Waals surface area (Å²) in [6.07, 6.45) is 0.607. The monoisotopic (exact) mass is 404 g/mol. The third kappa shape index (κ3) is 3.40. The van der Waals surface area contributed by atoms with Crippen LogP contribution >= 0.6 is 0 Å². The Balaban J connectivity index is 1.56. The molecular formula is C19H24N4O4S. The van der Waals surface area contributed by atoms with Gasteiger partial charge in [0.15, 0.2) is 15.4 Å². The molecule has 0 amide bonds. The van der Waals surface area contributed by atoms with Crippen molar-refractivity contribution in [1.82, 2.24) is 19.2 Å². The standard InChI is InChI=1S/C19H24N4O4S/c1-13-16(14(2)23(20-13)15-8-9-28(25,26)11-15)10-21(3)12-22-17-6-4-5-7-18(17)27-19(22)24/h4-7,15H,8-12H2,1-3H3/t15-/m1/s1. The van der Waals surface area contributed by atoms with Crippen molar-refractivity contribution in [1.29, 1.82) is 0 Å². The molecule has 9 heteroatoms. The molecule has 0 saturated carbocycles. The number of sulfone groups is 1.